The summed E-state index contributed by atoms with van der Waals surface area (Å²) in [5.74, 6) is -1.57. The maximum absolute atomic E-state index is 14.6. The molecular formula is C26H32FN2O4. The first-order chi connectivity index (χ1) is 15.9. The number of halogens is 1. The van der Waals surface area contributed by atoms with E-state index in [1.165, 1.54) is 18.2 Å². The quantitative estimate of drug-likeness (QED) is 0.582. The molecule has 0 bridgehead atoms. The number of ketones is 1. The zero-order valence-electron chi connectivity index (χ0n) is 18.9. The lowest BCUT2D eigenvalue weighted by molar-refractivity contribution is 0.00729. The molecule has 0 aromatic heterocycles. The molecule has 2 aromatic carbocycles. The third-order valence-corrected chi connectivity index (χ3v) is 7.20. The smallest absolute Gasteiger partial charge is 0.167 e. The Labute approximate surface area is 194 Å². The van der Waals surface area contributed by atoms with Gasteiger partial charge in [-0.05, 0) is 55.0 Å². The molecule has 2 saturated heterocycles. The number of phenolic OH excluding ortho intramolecular Hbond substituents is 1. The second-order valence-electron chi connectivity index (χ2n) is 9.25. The highest BCUT2D eigenvalue weighted by Crippen LogP contribution is 2.44. The van der Waals surface area contributed by atoms with Crippen molar-refractivity contribution in [2.45, 2.75) is 37.8 Å². The maximum Gasteiger partial charge on any atom is 0.167 e. The Morgan fingerprint density at radius 2 is 2.00 bits per heavy atom. The number of hydrogen-bond donors (Lipinski definition) is 3. The highest BCUT2D eigenvalue weighted by Gasteiger charge is 2.47. The average Bonchev–Trinajstić information content (AvgIpc) is 2.81. The zero-order valence-corrected chi connectivity index (χ0v) is 18.9. The summed E-state index contributed by atoms with van der Waals surface area (Å²) in [6, 6.07) is 10.9. The number of nitrogens with zero attached hydrogens (tertiary/aromatic N) is 2. The van der Waals surface area contributed by atoms with Crippen molar-refractivity contribution in [3.63, 3.8) is 0 Å². The molecule has 0 aliphatic carbocycles. The van der Waals surface area contributed by atoms with E-state index >= 15 is 0 Å². The maximum atomic E-state index is 14.6. The summed E-state index contributed by atoms with van der Waals surface area (Å²) in [7, 11) is 0. The predicted molar refractivity (Wildman–Crippen MR) is 123 cm³/mol. The van der Waals surface area contributed by atoms with E-state index in [0.717, 1.165) is 12.0 Å². The van der Waals surface area contributed by atoms with Gasteiger partial charge in [0, 0.05) is 43.6 Å². The van der Waals surface area contributed by atoms with E-state index in [9.17, 15) is 24.5 Å². The number of carbonyl (C=O) groups excluding carboxylic acids is 1. The second-order valence-corrected chi connectivity index (χ2v) is 9.25. The van der Waals surface area contributed by atoms with E-state index in [2.05, 4.69) is 0 Å². The van der Waals surface area contributed by atoms with E-state index < -0.39 is 12.0 Å². The molecule has 2 fully saturated rings. The Kier molecular flexibility index (Phi) is 7.44. The molecule has 3 N–H and O–H groups in total. The van der Waals surface area contributed by atoms with Gasteiger partial charge in [0.1, 0.15) is 11.6 Å². The number of phenols is 1. The van der Waals surface area contributed by atoms with Crippen molar-refractivity contribution in [2.24, 2.45) is 11.8 Å². The van der Waals surface area contributed by atoms with Crippen LogP contribution >= 0.6 is 0 Å². The minimum absolute atomic E-state index is 0.0108. The molecule has 1 unspecified atom stereocenters. The topological polar surface area (TPSA) is 95.1 Å². The number of carbonyl (C=O) groups is 1. The van der Waals surface area contributed by atoms with Crippen LogP contribution in [0.5, 0.6) is 5.75 Å². The first kappa shape index (κ1) is 23.8. The summed E-state index contributed by atoms with van der Waals surface area (Å²) in [4.78, 5) is 15.8. The van der Waals surface area contributed by atoms with E-state index in [1.807, 2.05) is 11.0 Å². The Hall–Kier alpha value is -2.32. The summed E-state index contributed by atoms with van der Waals surface area (Å²) in [5, 5.41) is 35.2. The van der Waals surface area contributed by atoms with Crippen molar-refractivity contribution in [3.8, 4) is 5.75 Å². The lowest BCUT2D eigenvalue weighted by Crippen LogP contribution is -2.57. The lowest BCUT2D eigenvalue weighted by Gasteiger charge is -2.48. The van der Waals surface area contributed by atoms with Gasteiger partial charge in [-0.15, -0.1) is 0 Å². The highest BCUT2D eigenvalue weighted by atomic mass is 19.1. The number of hydrogen-bond acceptors (Lipinski definition) is 5. The molecule has 4 rings (SSSR count). The van der Waals surface area contributed by atoms with Gasteiger partial charge in [-0.25, -0.2) is 9.71 Å². The molecule has 7 heteroatoms. The number of piperidine rings is 2. The minimum Gasteiger partial charge on any atom is -0.508 e. The SMILES string of the molecule is Cc1c(F)cccc1[C@H]1C(C(=O)c2cccc(O)c2)CN(CCO)C[C@@H]1[C@H]1[N]CCC[C@@H]1O. The summed E-state index contributed by atoms with van der Waals surface area (Å²) in [6.07, 6.45) is 0.843. The van der Waals surface area contributed by atoms with Gasteiger partial charge in [-0.2, -0.15) is 0 Å². The molecule has 2 aliphatic heterocycles. The molecule has 33 heavy (non-hydrogen) atoms. The van der Waals surface area contributed by atoms with Gasteiger partial charge in [-0.3, -0.25) is 9.69 Å². The number of aliphatic hydroxyl groups is 2. The van der Waals surface area contributed by atoms with Gasteiger partial charge >= 0.3 is 0 Å². The van der Waals surface area contributed by atoms with Crippen molar-refractivity contribution < 1.29 is 24.5 Å². The summed E-state index contributed by atoms with van der Waals surface area (Å²) >= 11 is 0. The molecule has 6 nitrogen and oxygen atoms in total. The monoisotopic (exact) mass is 455 g/mol. The van der Waals surface area contributed by atoms with Crippen LogP contribution < -0.4 is 5.32 Å². The lowest BCUT2D eigenvalue weighted by atomic mass is 9.66. The molecule has 5 atom stereocenters. The number of Topliss-reactive ketones (excluding diaryl/α,β-unsaturated/α-hetero) is 1. The number of β-amino-alcohol motifs (C(OH)–C–C–N with tert-alkyl or cyclic N) is 1. The average molecular weight is 456 g/mol. The van der Waals surface area contributed by atoms with E-state index in [4.69, 9.17) is 5.32 Å². The van der Waals surface area contributed by atoms with Crippen molar-refractivity contribution in [1.29, 1.82) is 0 Å². The summed E-state index contributed by atoms with van der Waals surface area (Å²) < 4.78 is 14.6. The molecule has 0 amide bonds. The molecule has 0 spiro atoms. The van der Waals surface area contributed by atoms with Crippen molar-refractivity contribution >= 4 is 5.78 Å². The van der Waals surface area contributed by atoms with Crippen LogP contribution in [-0.4, -0.2) is 70.9 Å². The highest BCUT2D eigenvalue weighted by molar-refractivity contribution is 5.99. The molecule has 2 aromatic rings. The van der Waals surface area contributed by atoms with Gasteiger partial charge in [0.15, 0.2) is 5.78 Å². The summed E-state index contributed by atoms with van der Waals surface area (Å²) in [5.41, 5.74) is 1.65. The normalized spacial score (nSPS) is 28.5. The first-order valence-electron chi connectivity index (χ1n) is 11.7. The number of aliphatic hydroxyl groups excluding tert-OH is 2. The van der Waals surface area contributed by atoms with Crippen LogP contribution in [-0.2, 0) is 0 Å². The third-order valence-electron chi connectivity index (χ3n) is 7.20. The molecule has 2 heterocycles. The predicted octanol–water partition coefficient (Wildman–Crippen LogP) is 2.47. The van der Waals surface area contributed by atoms with Crippen LogP contribution in [0, 0.1) is 24.6 Å². The number of likely N-dealkylation sites (tertiary alicyclic amines) is 1. The van der Waals surface area contributed by atoms with Crippen LogP contribution in [0.4, 0.5) is 4.39 Å². The van der Waals surface area contributed by atoms with Gasteiger partial charge < -0.3 is 15.3 Å². The number of rotatable bonds is 6. The van der Waals surface area contributed by atoms with Crippen LogP contribution in [0.2, 0.25) is 0 Å². The molecular weight excluding hydrogens is 423 g/mol. The van der Waals surface area contributed by atoms with Crippen LogP contribution in [0.1, 0.15) is 40.2 Å². The third kappa shape index (κ3) is 4.96. The van der Waals surface area contributed by atoms with Crippen LogP contribution in [0.3, 0.4) is 0 Å². The van der Waals surface area contributed by atoms with Gasteiger partial charge in [0.05, 0.1) is 18.8 Å². The van der Waals surface area contributed by atoms with Gasteiger partial charge in [0.25, 0.3) is 0 Å². The fraction of sp³-hybridized carbons (Fsp3) is 0.500. The fourth-order valence-electron chi connectivity index (χ4n) is 5.63. The Bertz CT molecular complexity index is 985. The molecule has 1 radical (unpaired) electrons. The van der Waals surface area contributed by atoms with Crippen LogP contribution in [0.15, 0.2) is 42.5 Å². The van der Waals surface area contributed by atoms with E-state index in [0.29, 0.717) is 43.7 Å². The first-order valence-corrected chi connectivity index (χ1v) is 11.7. The van der Waals surface area contributed by atoms with Crippen LogP contribution in [0.25, 0.3) is 0 Å². The fourth-order valence-corrected chi connectivity index (χ4v) is 5.63. The zero-order chi connectivity index (χ0) is 23.5. The van der Waals surface area contributed by atoms with Crippen molar-refractivity contribution in [2.75, 3.05) is 32.8 Å². The van der Waals surface area contributed by atoms with E-state index in [-0.39, 0.29) is 41.8 Å². The standard InChI is InChI=1S/C26H32FN2O4/c1-16-19(7-3-8-22(16)27)24-20(25-23(32)9-4-10-28-25)14-29(11-12-30)15-21(24)26(33)17-5-2-6-18(31)13-17/h2-3,5-8,13,20-21,23-25,30-32H,4,9-12,14-15H2,1H3/t20-,21?,23-,24+,25+/m0/s1. The number of aromatic hydroxyl groups is 1. The van der Waals surface area contributed by atoms with Crippen molar-refractivity contribution in [3.05, 3.63) is 65.0 Å². The molecule has 0 saturated carbocycles. The summed E-state index contributed by atoms with van der Waals surface area (Å²) in [6.45, 7) is 3.68. The minimum atomic E-state index is -0.620. The Morgan fingerprint density at radius 1 is 1.21 bits per heavy atom. The largest absolute Gasteiger partial charge is 0.508 e. The van der Waals surface area contributed by atoms with Gasteiger partial charge in [0.2, 0.25) is 0 Å². The van der Waals surface area contributed by atoms with Gasteiger partial charge in [-0.1, -0.05) is 24.3 Å². The molecule has 2 aliphatic rings. The van der Waals surface area contributed by atoms with E-state index in [1.54, 1.807) is 25.1 Å². The second kappa shape index (κ2) is 10.3. The van der Waals surface area contributed by atoms with Crippen molar-refractivity contribution in [1.82, 2.24) is 10.2 Å². The number of benzene rings is 2. The molecule has 177 valence electrons. The Morgan fingerprint density at radius 3 is 2.73 bits per heavy atom. The Balaban J connectivity index is 1.82.